The van der Waals surface area contributed by atoms with Gasteiger partial charge in [-0.25, -0.2) is 9.78 Å². The Morgan fingerprint density at radius 1 is 1.20 bits per heavy atom. The number of anilines is 2. The molecule has 2 saturated heterocycles. The maximum Gasteiger partial charge on any atom is 0.415 e. The summed E-state index contributed by atoms with van der Waals surface area (Å²) in [6.45, 7) is 7.44. The van der Waals surface area contributed by atoms with Crippen LogP contribution in [-0.4, -0.2) is 58.7 Å². The largest absolute Gasteiger partial charge is 0.446 e. The highest BCUT2D eigenvalue weighted by Gasteiger charge is 2.32. The standard InChI is InChI=1S/C22H25IN4O3/c1-3-16-12-15(2)20(24-13-16)25-8-10-26(11-9-25)21(28)17-4-6-18(7-5-17)27-19(23)14-30-22(27)29/h4-7,12-13,19H,3,8-11,14H2,1-2H3. The van der Waals surface area contributed by atoms with Gasteiger partial charge in [-0.3, -0.25) is 9.69 Å². The Hall–Kier alpha value is -2.36. The molecule has 30 heavy (non-hydrogen) atoms. The summed E-state index contributed by atoms with van der Waals surface area (Å²) < 4.78 is 5.03. The van der Waals surface area contributed by atoms with Gasteiger partial charge in [0.05, 0.1) is 0 Å². The number of hydrogen-bond donors (Lipinski definition) is 0. The van der Waals surface area contributed by atoms with E-state index in [1.807, 2.05) is 23.2 Å². The number of carbonyl (C=O) groups is 2. The Kier molecular flexibility index (Phi) is 6.12. The number of hydrogen-bond acceptors (Lipinski definition) is 5. The molecule has 1 aromatic carbocycles. The van der Waals surface area contributed by atoms with Gasteiger partial charge in [0.25, 0.3) is 5.91 Å². The second-order valence-electron chi connectivity index (χ2n) is 7.55. The Labute approximate surface area is 190 Å². The van der Waals surface area contributed by atoms with E-state index in [9.17, 15) is 9.59 Å². The van der Waals surface area contributed by atoms with Gasteiger partial charge in [0.15, 0.2) is 0 Å². The number of aryl methyl sites for hydroxylation is 2. The van der Waals surface area contributed by atoms with Crippen LogP contribution in [0.4, 0.5) is 16.3 Å². The van der Waals surface area contributed by atoms with Gasteiger partial charge in [-0.05, 0) is 48.7 Å². The van der Waals surface area contributed by atoms with Crippen molar-refractivity contribution in [1.29, 1.82) is 0 Å². The van der Waals surface area contributed by atoms with Crippen molar-refractivity contribution in [3.05, 3.63) is 53.2 Å². The highest BCUT2D eigenvalue weighted by atomic mass is 127. The first-order chi connectivity index (χ1) is 14.5. The van der Waals surface area contributed by atoms with E-state index in [4.69, 9.17) is 4.74 Å². The number of aromatic nitrogens is 1. The number of nitrogens with zero attached hydrogens (tertiary/aromatic N) is 4. The van der Waals surface area contributed by atoms with Crippen LogP contribution in [0.1, 0.15) is 28.4 Å². The second kappa shape index (κ2) is 8.79. The SMILES string of the molecule is CCc1cnc(N2CCN(C(=O)c3ccc(N4C(=O)OCC4I)cc3)CC2)c(C)c1. The minimum absolute atomic E-state index is 0.0160. The number of pyridine rings is 1. The fraction of sp³-hybridized carbons (Fsp3) is 0.409. The van der Waals surface area contributed by atoms with Crippen LogP contribution in [0.3, 0.4) is 0 Å². The maximum absolute atomic E-state index is 12.9. The Bertz CT molecular complexity index is 942. The summed E-state index contributed by atoms with van der Waals surface area (Å²) in [6.07, 6.45) is 2.57. The molecule has 7 nitrogen and oxygen atoms in total. The molecule has 2 amide bonds. The highest BCUT2D eigenvalue weighted by molar-refractivity contribution is 14.1. The molecule has 3 heterocycles. The molecule has 2 aliphatic rings. The second-order valence-corrected chi connectivity index (χ2v) is 8.98. The van der Waals surface area contributed by atoms with Crippen molar-refractivity contribution < 1.29 is 14.3 Å². The average Bonchev–Trinajstić information content (AvgIpc) is 3.11. The number of rotatable bonds is 4. The fourth-order valence-electron chi connectivity index (χ4n) is 3.88. The zero-order valence-corrected chi connectivity index (χ0v) is 19.3. The Morgan fingerprint density at radius 2 is 1.90 bits per heavy atom. The lowest BCUT2D eigenvalue weighted by molar-refractivity contribution is 0.0746. The number of carbonyl (C=O) groups excluding carboxylic acids is 2. The van der Waals surface area contributed by atoms with Crippen LogP contribution in [0.5, 0.6) is 0 Å². The lowest BCUT2D eigenvalue weighted by Gasteiger charge is -2.36. The third kappa shape index (κ3) is 4.10. The minimum Gasteiger partial charge on any atom is -0.446 e. The first kappa shape index (κ1) is 20.9. The van der Waals surface area contributed by atoms with Crippen molar-refractivity contribution in [3.8, 4) is 0 Å². The third-order valence-corrected chi connectivity index (χ3v) is 6.51. The molecule has 2 fully saturated rings. The van der Waals surface area contributed by atoms with Crippen molar-refractivity contribution in [3.63, 3.8) is 0 Å². The van der Waals surface area contributed by atoms with E-state index >= 15 is 0 Å². The monoisotopic (exact) mass is 520 g/mol. The van der Waals surface area contributed by atoms with Crippen LogP contribution in [0.2, 0.25) is 0 Å². The highest BCUT2D eigenvalue weighted by Crippen LogP contribution is 2.27. The summed E-state index contributed by atoms with van der Waals surface area (Å²) in [5, 5.41) is 0. The van der Waals surface area contributed by atoms with Crippen LogP contribution < -0.4 is 9.80 Å². The van der Waals surface area contributed by atoms with E-state index in [0.717, 1.165) is 31.0 Å². The number of halogens is 1. The van der Waals surface area contributed by atoms with Gasteiger partial charge in [-0.15, -0.1) is 0 Å². The van der Waals surface area contributed by atoms with Crippen molar-refractivity contribution in [2.24, 2.45) is 0 Å². The molecular formula is C22H25IN4O3. The lowest BCUT2D eigenvalue weighted by atomic mass is 10.1. The number of cyclic esters (lactones) is 1. The molecule has 1 atom stereocenters. The van der Waals surface area contributed by atoms with Crippen molar-refractivity contribution in [2.75, 3.05) is 42.6 Å². The summed E-state index contributed by atoms with van der Waals surface area (Å²) in [5.41, 5.74) is 3.80. The minimum atomic E-state index is -0.347. The van der Waals surface area contributed by atoms with Crippen LogP contribution >= 0.6 is 22.6 Å². The average molecular weight is 520 g/mol. The predicted octanol–water partition coefficient (Wildman–Crippen LogP) is 3.63. The van der Waals surface area contributed by atoms with E-state index in [1.165, 1.54) is 11.1 Å². The first-order valence-corrected chi connectivity index (χ1v) is 11.4. The molecule has 1 unspecified atom stereocenters. The molecule has 8 heteroatoms. The lowest BCUT2D eigenvalue weighted by Crippen LogP contribution is -2.49. The number of alkyl halides is 1. The van der Waals surface area contributed by atoms with Crippen molar-refractivity contribution in [2.45, 2.75) is 24.3 Å². The van der Waals surface area contributed by atoms with E-state index in [0.29, 0.717) is 25.3 Å². The molecule has 0 N–H and O–H groups in total. The third-order valence-electron chi connectivity index (χ3n) is 5.60. The molecule has 2 aliphatic heterocycles. The topological polar surface area (TPSA) is 66.0 Å². The van der Waals surface area contributed by atoms with Gasteiger partial charge in [0.1, 0.15) is 16.5 Å². The summed E-state index contributed by atoms with van der Waals surface area (Å²) in [5.74, 6) is 1.02. The molecule has 0 aliphatic carbocycles. The Morgan fingerprint density at radius 3 is 2.47 bits per heavy atom. The molecule has 0 saturated carbocycles. The number of ether oxygens (including phenoxy) is 1. The van der Waals surface area contributed by atoms with Gasteiger partial charge < -0.3 is 14.5 Å². The van der Waals surface area contributed by atoms with Crippen LogP contribution in [0.25, 0.3) is 0 Å². The van der Waals surface area contributed by atoms with Crippen molar-refractivity contribution in [1.82, 2.24) is 9.88 Å². The summed E-state index contributed by atoms with van der Waals surface area (Å²) >= 11 is 2.18. The number of amides is 2. The maximum atomic E-state index is 12.9. The molecule has 1 aromatic heterocycles. The molecule has 0 radical (unpaired) electrons. The molecule has 158 valence electrons. The quantitative estimate of drug-likeness (QED) is 0.350. The van der Waals surface area contributed by atoms with E-state index in [-0.39, 0.29) is 16.0 Å². The summed E-state index contributed by atoms with van der Waals surface area (Å²) in [4.78, 5) is 35.2. The van der Waals surface area contributed by atoms with E-state index in [1.54, 1.807) is 17.0 Å². The fourth-order valence-corrected chi connectivity index (χ4v) is 4.61. The van der Waals surface area contributed by atoms with Crippen LogP contribution in [0.15, 0.2) is 36.5 Å². The van der Waals surface area contributed by atoms with Gasteiger partial charge in [0.2, 0.25) is 0 Å². The summed E-state index contributed by atoms with van der Waals surface area (Å²) in [7, 11) is 0. The smallest absolute Gasteiger partial charge is 0.415 e. The van der Waals surface area contributed by atoms with E-state index < -0.39 is 0 Å². The van der Waals surface area contributed by atoms with Crippen LogP contribution in [0, 0.1) is 6.92 Å². The molecular weight excluding hydrogens is 495 g/mol. The first-order valence-electron chi connectivity index (χ1n) is 10.2. The number of benzene rings is 1. The molecule has 0 spiro atoms. The molecule has 0 bridgehead atoms. The van der Waals surface area contributed by atoms with Gasteiger partial charge in [-0.2, -0.15) is 0 Å². The summed E-state index contributed by atoms with van der Waals surface area (Å²) in [6, 6.07) is 9.38. The van der Waals surface area contributed by atoms with Gasteiger partial charge in [0, 0.05) is 43.6 Å². The zero-order chi connectivity index (χ0) is 21.3. The molecule has 4 rings (SSSR count). The van der Waals surface area contributed by atoms with Crippen LogP contribution in [-0.2, 0) is 11.2 Å². The van der Waals surface area contributed by atoms with Crippen molar-refractivity contribution >= 4 is 46.1 Å². The molecule has 2 aromatic rings. The van der Waals surface area contributed by atoms with Gasteiger partial charge >= 0.3 is 6.09 Å². The van der Waals surface area contributed by atoms with Gasteiger partial charge in [-0.1, -0.05) is 35.6 Å². The number of piperazine rings is 1. The van der Waals surface area contributed by atoms with E-state index in [2.05, 4.69) is 52.4 Å². The normalized spacial score (nSPS) is 19.2. The Balaban J connectivity index is 1.39. The predicted molar refractivity (Wildman–Crippen MR) is 125 cm³/mol. The zero-order valence-electron chi connectivity index (χ0n) is 17.2.